The van der Waals surface area contributed by atoms with Crippen LogP contribution in [0, 0.1) is 0 Å². The Bertz CT molecular complexity index is 747. The largest absolute Gasteiger partial charge is 0.433 e. The maximum absolute atomic E-state index is 13.1. The Kier molecular flexibility index (Phi) is 3.09. The standard InChI is InChI=1S/C11H7F3N6S/c12-11(13,14)7-5-6(10-16-3-4-21-10)19-20(7)9-2-1-8(15)17-18-9/h1-5H,(H2,15,17). The maximum atomic E-state index is 13.1. The fourth-order valence-corrected chi connectivity index (χ4v) is 2.25. The van der Waals surface area contributed by atoms with Crippen LogP contribution in [0.2, 0.25) is 0 Å². The van der Waals surface area contributed by atoms with E-state index < -0.39 is 11.9 Å². The number of rotatable bonds is 2. The second-order valence-electron chi connectivity index (χ2n) is 3.98. The number of aromatic nitrogens is 5. The van der Waals surface area contributed by atoms with Crippen molar-refractivity contribution in [2.75, 3.05) is 5.73 Å². The first kappa shape index (κ1) is 13.5. The molecule has 0 radical (unpaired) electrons. The molecule has 6 nitrogen and oxygen atoms in total. The van der Waals surface area contributed by atoms with Crippen LogP contribution < -0.4 is 5.73 Å². The molecule has 0 aliphatic heterocycles. The van der Waals surface area contributed by atoms with Gasteiger partial charge < -0.3 is 5.73 Å². The highest BCUT2D eigenvalue weighted by Crippen LogP contribution is 2.34. The summed E-state index contributed by atoms with van der Waals surface area (Å²) in [6, 6.07) is 3.60. The minimum absolute atomic E-state index is 0.0701. The van der Waals surface area contributed by atoms with Crippen LogP contribution in [0.1, 0.15) is 5.69 Å². The Morgan fingerprint density at radius 2 is 2.00 bits per heavy atom. The average Bonchev–Trinajstić information content (AvgIpc) is 3.07. The summed E-state index contributed by atoms with van der Waals surface area (Å²) < 4.78 is 40.0. The summed E-state index contributed by atoms with van der Waals surface area (Å²) in [5.41, 5.74) is 4.55. The van der Waals surface area contributed by atoms with Crippen molar-refractivity contribution in [2.45, 2.75) is 6.18 Å². The van der Waals surface area contributed by atoms with E-state index in [9.17, 15) is 13.2 Å². The predicted molar refractivity (Wildman–Crippen MR) is 69.7 cm³/mol. The molecule has 21 heavy (non-hydrogen) atoms. The summed E-state index contributed by atoms with van der Waals surface area (Å²) in [7, 11) is 0. The van der Waals surface area contributed by atoms with Gasteiger partial charge in [-0.15, -0.1) is 21.5 Å². The van der Waals surface area contributed by atoms with Gasteiger partial charge in [0.25, 0.3) is 0 Å². The molecule has 3 aromatic heterocycles. The lowest BCUT2D eigenvalue weighted by atomic mass is 10.3. The molecule has 0 unspecified atom stereocenters. The van der Waals surface area contributed by atoms with Gasteiger partial charge in [0.1, 0.15) is 16.5 Å². The molecule has 3 rings (SSSR count). The summed E-state index contributed by atoms with van der Waals surface area (Å²) in [6.07, 6.45) is -3.08. The van der Waals surface area contributed by atoms with E-state index in [1.54, 1.807) is 5.38 Å². The second-order valence-corrected chi connectivity index (χ2v) is 4.87. The number of alkyl halides is 3. The van der Waals surface area contributed by atoms with Crippen molar-refractivity contribution in [2.24, 2.45) is 0 Å². The van der Waals surface area contributed by atoms with Gasteiger partial charge in [0.05, 0.1) is 0 Å². The highest BCUT2D eigenvalue weighted by molar-refractivity contribution is 7.13. The third-order valence-electron chi connectivity index (χ3n) is 2.54. The number of anilines is 1. The topological polar surface area (TPSA) is 82.5 Å². The molecule has 0 amide bonds. The molecular weight excluding hydrogens is 305 g/mol. The van der Waals surface area contributed by atoms with Crippen molar-refractivity contribution in [1.29, 1.82) is 0 Å². The smallest absolute Gasteiger partial charge is 0.382 e. The Morgan fingerprint density at radius 1 is 1.19 bits per heavy atom. The number of halogens is 3. The molecule has 0 aliphatic rings. The fourth-order valence-electron chi connectivity index (χ4n) is 1.66. The fraction of sp³-hybridized carbons (Fsp3) is 0.0909. The summed E-state index contributed by atoms with van der Waals surface area (Å²) in [5.74, 6) is 0.0407. The van der Waals surface area contributed by atoms with Crippen LogP contribution >= 0.6 is 11.3 Å². The van der Waals surface area contributed by atoms with E-state index in [-0.39, 0.29) is 17.3 Å². The number of hydrogen-bond acceptors (Lipinski definition) is 6. The Balaban J connectivity index is 2.16. The van der Waals surface area contributed by atoms with Gasteiger partial charge in [-0.3, -0.25) is 0 Å². The number of nitrogens with zero attached hydrogens (tertiary/aromatic N) is 5. The van der Waals surface area contributed by atoms with E-state index in [0.29, 0.717) is 9.69 Å². The molecule has 2 N–H and O–H groups in total. The van der Waals surface area contributed by atoms with Crippen LogP contribution in [-0.2, 0) is 6.18 Å². The van der Waals surface area contributed by atoms with Crippen LogP contribution in [0.5, 0.6) is 0 Å². The lowest BCUT2D eigenvalue weighted by Crippen LogP contribution is -2.14. The molecule has 0 aromatic carbocycles. The Hall–Kier alpha value is -2.49. The van der Waals surface area contributed by atoms with E-state index in [1.807, 2.05) is 0 Å². The third kappa shape index (κ3) is 2.57. The highest BCUT2D eigenvalue weighted by atomic mass is 32.1. The normalized spacial score (nSPS) is 11.8. The number of nitrogen functional groups attached to an aromatic ring is 1. The molecule has 0 spiro atoms. The first-order chi connectivity index (χ1) is 9.95. The molecule has 108 valence electrons. The van der Waals surface area contributed by atoms with Crippen molar-refractivity contribution in [3.63, 3.8) is 0 Å². The predicted octanol–water partition coefficient (Wildman–Crippen LogP) is 2.39. The van der Waals surface area contributed by atoms with Crippen LogP contribution in [0.3, 0.4) is 0 Å². The Labute approximate surface area is 120 Å². The zero-order valence-corrected chi connectivity index (χ0v) is 11.1. The number of nitrogens with two attached hydrogens (primary N) is 1. The second kappa shape index (κ2) is 4.81. The van der Waals surface area contributed by atoms with Crippen molar-refractivity contribution in [3.8, 4) is 16.5 Å². The summed E-state index contributed by atoms with van der Waals surface area (Å²) in [4.78, 5) is 3.95. The molecule has 0 saturated carbocycles. The van der Waals surface area contributed by atoms with Crippen molar-refractivity contribution < 1.29 is 13.2 Å². The number of thiazole rings is 1. The molecule has 0 aliphatic carbocycles. The minimum atomic E-state index is -4.58. The van der Waals surface area contributed by atoms with Crippen molar-refractivity contribution >= 4 is 17.2 Å². The number of hydrogen-bond donors (Lipinski definition) is 1. The third-order valence-corrected chi connectivity index (χ3v) is 3.33. The van der Waals surface area contributed by atoms with Crippen molar-refractivity contribution in [1.82, 2.24) is 25.0 Å². The monoisotopic (exact) mass is 312 g/mol. The molecule has 3 aromatic rings. The quantitative estimate of drug-likeness (QED) is 0.785. The molecule has 0 atom stereocenters. The van der Waals surface area contributed by atoms with Crippen LogP contribution in [0.4, 0.5) is 19.0 Å². The van der Waals surface area contributed by atoms with Gasteiger partial charge in [-0.25, -0.2) is 9.67 Å². The molecule has 0 fully saturated rings. The molecule has 0 saturated heterocycles. The first-order valence-electron chi connectivity index (χ1n) is 5.62. The van der Waals surface area contributed by atoms with Gasteiger partial charge in [-0.2, -0.15) is 18.3 Å². The van der Waals surface area contributed by atoms with E-state index in [0.717, 1.165) is 6.07 Å². The lowest BCUT2D eigenvalue weighted by Gasteiger charge is -2.08. The van der Waals surface area contributed by atoms with Crippen LogP contribution in [-0.4, -0.2) is 25.0 Å². The lowest BCUT2D eigenvalue weighted by molar-refractivity contribution is -0.142. The van der Waals surface area contributed by atoms with Crippen molar-refractivity contribution in [3.05, 3.63) is 35.5 Å². The van der Waals surface area contributed by atoms with Gasteiger partial charge in [-0.1, -0.05) is 0 Å². The van der Waals surface area contributed by atoms with E-state index in [2.05, 4.69) is 20.3 Å². The molecular formula is C11H7F3N6S. The molecule has 0 bridgehead atoms. The maximum Gasteiger partial charge on any atom is 0.433 e. The zero-order valence-electron chi connectivity index (χ0n) is 10.2. The van der Waals surface area contributed by atoms with Gasteiger partial charge >= 0.3 is 6.18 Å². The molecule has 3 heterocycles. The molecule has 10 heteroatoms. The van der Waals surface area contributed by atoms with Gasteiger partial charge in [-0.05, 0) is 18.2 Å². The van der Waals surface area contributed by atoms with Gasteiger partial charge in [0.2, 0.25) is 0 Å². The SMILES string of the molecule is Nc1ccc(-n2nc(-c3nccs3)cc2C(F)(F)F)nn1. The zero-order chi connectivity index (χ0) is 15.0. The summed E-state index contributed by atoms with van der Waals surface area (Å²) in [6.45, 7) is 0. The first-order valence-corrected chi connectivity index (χ1v) is 6.50. The average molecular weight is 312 g/mol. The Morgan fingerprint density at radius 3 is 2.57 bits per heavy atom. The summed E-state index contributed by atoms with van der Waals surface area (Å²) in [5, 5.41) is 13.1. The highest BCUT2D eigenvalue weighted by Gasteiger charge is 2.37. The van der Waals surface area contributed by atoms with Gasteiger partial charge in [0.15, 0.2) is 11.5 Å². The minimum Gasteiger partial charge on any atom is -0.382 e. The van der Waals surface area contributed by atoms with E-state index >= 15 is 0 Å². The van der Waals surface area contributed by atoms with Crippen LogP contribution in [0.15, 0.2) is 29.8 Å². The van der Waals surface area contributed by atoms with E-state index in [4.69, 9.17) is 5.73 Å². The summed E-state index contributed by atoms with van der Waals surface area (Å²) >= 11 is 1.20. The van der Waals surface area contributed by atoms with Gasteiger partial charge in [0, 0.05) is 11.6 Å². The van der Waals surface area contributed by atoms with E-state index in [1.165, 1.54) is 29.7 Å². The van der Waals surface area contributed by atoms with Crippen LogP contribution in [0.25, 0.3) is 16.5 Å².